The first-order chi connectivity index (χ1) is 5.70. The summed E-state index contributed by atoms with van der Waals surface area (Å²) < 4.78 is 1.92. The minimum Gasteiger partial charge on any atom is -0.398 e. The fraction of sp³-hybridized carbons (Fsp3) is 0.250. The lowest BCUT2D eigenvalue weighted by Gasteiger charge is -2.05. The molecule has 0 aromatic carbocycles. The second-order valence-corrected chi connectivity index (χ2v) is 2.87. The van der Waals surface area contributed by atoms with Gasteiger partial charge in [-0.3, -0.25) is 4.40 Å². The Balaban J connectivity index is 2.94. The standard InChI is InChI=1S/C8H10N4/c1-5-6(2)12-4-10-11-8(12)3-7(5)9/h3-4H,9H2,1-2H3. The van der Waals surface area contributed by atoms with E-state index in [9.17, 15) is 0 Å². The van der Waals surface area contributed by atoms with Crippen molar-refractivity contribution in [3.63, 3.8) is 0 Å². The maximum absolute atomic E-state index is 5.76. The topological polar surface area (TPSA) is 56.2 Å². The van der Waals surface area contributed by atoms with Crippen molar-refractivity contribution in [2.24, 2.45) is 0 Å². The summed E-state index contributed by atoms with van der Waals surface area (Å²) >= 11 is 0. The van der Waals surface area contributed by atoms with E-state index >= 15 is 0 Å². The first-order valence-electron chi connectivity index (χ1n) is 3.75. The van der Waals surface area contributed by atoms with E-state index in [2.05, 4.69) is 10.2 Å². The molecule has 2 rings (SSSR count). The molecule has 4 heteroatoms. The van der Waals surface area contributed by atoms with Crippen molar-refractivity contribution < 1.29 is 0 Å². The van der Waals surface area contributed by atoms with Crippen LogP contribution in [0, 0.1) is 13.8 Å². The van der Waals surface area contributed by atoms with Crippen LogP contribution in [0.4, 0.5) is 5.69 Å². The fourth-order valence-corrected chi connectivity index (χ4v) is 1.24. The van der Waals surface area contributed by atoms with Gasteiger partial charge in [0.15, 0.2) is 5.65 Å². The third-order valence-corrected chi connectivity index (χ3v) is 2.20. The number of nitrogens with zero attached hydrogens (tertiary/aromatic N) is 3. The van der Waals surface area contributed by atoms with Gasteiger partial charge < -0.3 is 5.73 Å². The molecule has 12 heavy (non-hydrogen) atoms. The van der Waals surface area contributed by atoms with E-state index in [-0.39, 0.29) is 0 Å². The second kappa shape index (κ2) is 2.20. The Bertz CT molecular complexity index is 430. The van der Waals surface area contributed by atoms with Crippen LogP contribution in [-0.4, -0.2) is 14.6 Å². The van der Waals surface area contributed by atoms with Gasteiger partial charge in [0.2, 0.25) is 0 Å². The number of nitrogen functional groups attached to an aromatic ring is 1. The number of nitrogens with two attached hydrogens (primary N) is 1. The molecular formula is C8H10N4. The second-order valence-electron chi connectivity index (χ2n) is 2.87. The van der Waals surface area contributed by atoms with E-state index < -0.39 is 0 Å². The molecule has 0 bridgehead atoms. The zero-order valence-electron chi connectivity index (χ0n) is 7.07. The van der Waals surface area contributed by atoms with Crippen LogP contribution >= 0.6 is 0 Å². The van der Waals surface area contributed by atoms with Crippen LogP contribution in [-0.2, 0) is 0 Å². The summed E-state index contributed by atoms with van der Waals surface area (Å²) in [5, 5.41) is 7.72. The first-order valence-corrected chi connectivity index (χ1v) is 3.75. The number of hydrogen-bond acceptors (Lipinski definition) is 3. The van der Waals surface area contributed by atoms with Crippen molar-refractivity contribution >= 4 is 11.3 Å². The van der Waals surface area contributed by atoms with Crippen molar-refractivity contribution in [1.29, 1.82) is 0 Å². The van der Waals surface area contributed by atoms with Gasteiger partial charge in [0.05, 0.1) is 0 Å². The zero-order valence-corrected chi connectivity index (χ0v) is 7.07. The Labute approximate surface area is 70.0 Å². The Morgan fingerprint density at radius 2 is 2.17 bits per heavy atom. The highest BCUT2D eigenvalue weighted by Gasteiger charge is 2.04. The van der Waals surface area contributed by atoms with Crippen molar-refractivity contribution in [3.8, 4) is 0 Å². The highest BCUT2D eigenvalue weighted by molar-refractivity contribution is 5.57. The summed E-state index contributed by atoms with van der Waals surface area (Å²) in [5.41, 5.74) is 9.52. The fourth-order valence-electron chi connectivity index (χ4n) is 1.24. The van der Waals surface area contributed by atoms with E-state index in [1.807, 2.05) is 24.3 Å². The molecule has 0 spiro atoms. The van der Waals surface area contributed by atoms with Crippen LogP contribution < -0.4 is 5.73 Å². The molecule has 2 N–H and O–H groups in total. The highest BCUT2D eigenvalue weighted by atomic mass is 15.2. The molecule has 0 aliphatic carbocycles. The van der Waals surface area contributed by atoms with E-state index in [1.54, 1.807) is 6.33 Å². The lowest BCUT2D eigenvalue weighted by Crippen LogP contribution is -1.98. The third-order valence-electron chi connectivity index (χ3n) is 2.20. The number of pyridine rings is 1. The molecule has 2 aromatic rings. The zero-order chi connectivity index (χ0) is 8.72. The highest BCUT2D eigenvalue weighted by Crippen LogP contribution is 2.16. The van der Waals surface area contributed by atoms with Crippen molar-refractivity contribution in [2.75, 3.05) is 5.73 Å². The minimum atomic E-state index is 0.771. The molecule has 0 fully saturated rings. The van der Waals surface area contributed by atoms with Gasteiger partial charge >= 0.3 is 0 Å². The van der Waals surface area contributed by atoms with Gasteiger partial charge in [0, 0.05) is 17.4 Å². The summed E-state index contributed by atoms with van der Waals surface area (Å²) in [4.78, 5) is 0. The van der Waals surface area contributed by atoms with Gasteiger partial charge in [0.1, 0.15) is 6.33 Å². The van der Waals surface area contributed by atoms with E-state index in [0.29, 0.717) is 0 Å². The molecule has 4 nitrogen and oxygen atoms in total. The monoisotopic (exact) mass is 162 g/mol. The number of rotatable bonds is 0. The average molecular weight is 162 g/mol. The van der Waals surface area contributed by atoms with E-state index in [1.165, 1.54) is 0 Å². The number of fused-ring (bicyclic) bond motifs is 1. The van der Waals surface area contributed by atoms with E-state index in [4.69, 9.17) is 5.73 Å². The maximum atomic E-state index is 5.76. The summed E-state index contributed by atoms with van der Waals surface area (Å²) in [6.45, 7) is 3.99. The van der Waals surface area contributed by atoms with Crippen LogP contribution in [0.5, 0.6) is 0 Å². The molecule has 0 radical (unpaired) electrons. The smallest absolute Gasteiger partial charge is 0.162 e. The molecular weight excluding hydrogens is 152 g/mol. The van der Waals surface area contributed by atoms with Crippen LogP contribution in [0.15, 0.2) is 12.4 Å². The summed E-state index contributed by atoms with van der Waals surface area (Å²) in [5.74, 6) is 0. The molecule has 0 amide bonds. The molecule has 62 valence electrons. The van der Waals surface area contributed by atoms with Crippen LogP contribution in [0.1, 0.15) is 11.3 Å². The summed E-state index contributed by atoms with van der Waals surface area (Å²) in [7, 11) is 0. The number of hydrogen-bond donors (Lipinski definition) is 1. The van der Waals surface area contributed by atoms with Crippen LogP contribution in [0.3, 0.4) is 0 Å². The molecule has 0 atom stereocenters. The predicted molar refractivity (Wildman–Crippen MR) is 46.9 cm³/mol. The van der Waals surface area contributed by atoms with Crippen LogP contribution in [0.25, 0.3) is 5.65 Å². The largest absolute Gasteiger partial charge is 0.398 e. The number of aryl methyl sites for hydroxylation is 1. The van der Waals surface area contributed by atoms with Gasteiger partial charge in [-0.1, -0.05) is 0 Å². The molecule has 2 aromatic heterocycles. The lowest BCUT2D eigenvalue weighted by atomic mass is 10.2. The average Bonchev–Trinajstić information content (AvgIpc) is 2.48. The number of aromatic nitrogens is 3. The molecule has 2 heterocycles. The molecule has 0 unspecified atom stereocenters. The lowest BCUT2D eigenvalue weighted by molar-refractivity contribution is 1.05. The van der Waals surface area contributed by atoms with Crippen molar-refractivity contribution in [2.45, 2.75) is 13.8 Å². The Kier molecular flexibility index (Phi) is 1.30. The summed E-state index contributed by atoms with van der Waals surface area (Å²) in [6, 6.07) is 1.83. The summed E-state index contributed by atoms with van der Waals surface area (Å²) in [6.07, 6.45) is 1.69. The Hall–Kier alpha value is -1.58. The van der Waals surface area contributed by atoms with Gasteiger partial charge in [0.25, 0.3) is 0 Å². The molecule has 0 saturated carbocycles. The Morgan fingerprint density at radius 3 is 2.92 bits per heavy atom. The molecule has 0 aliphatic rings. The number of anilines is 1. The SMILES string of the molecule is Cc1c(N)cc2nncn2c1C. The Morgan fingerprint density at radius 1 is 1.42 bits per heavy atom. The van der Waals surface area contributed by atoms with Crippen molar-refractivity contribution in [1.82, 2.24) is 14.6 Å². The molecule has 0 saturated heterocycles. The minimum absolute atomic E-state index is 0.771. The predicted octanol–water partition coefficient (Wildman–Crippen LogP) is 0.928. The quantitative estimate of drug-likeness (QED) is 0.627. The van der Waals surface area contributed by atoms with Gasteiger partial charge in [-0.25, -0.2) is 0 Å². The molecule has 0 aliphatic heterocycles. The van der Waals surface area contributed by atoms with Gasteiger partial charge in [-0.2, -0.15) is 0 Å². The van der Waals surface area contributed by atoms with Gasteiger partial charge in [-0.05, 0) is 19.4 Å². The van der Waals surface area contributed by atoms with E-state index in [0.717, 1.165) is 22.6 Å². The first kappa shape index (κ1) is 7.09. The third kappa shape index (κ3) is 0.777. The van der Waals surface area contributed by atoms with Gasteiger partial charge in [-0.15, -0.1) is 10.2 Å². The normalized spacial score (nSPS) is 10.8. The van der Waals surface area contributed by atoms with Crippen LogP contribution in [0.2, 0.25) is 0 Å². The van der Waals surface area contributed by atoms with Crippen molar-refractivity contribution in [3.05, 3.63) is 23.7 Å². The maximum Gasteiger partial charge on any atom is 0.162 e.